The molecule has 0 aliphatic carbocycles. The molecule has 3 amide bonds. The number of amides is 3. The Bertz CT molecular complexity index is 1900. The van der Waals surface area contributed by atoms with Crippen LogP contribution in [-0.2, 0) is 9.59 Å². The summed E-state index contributed by atoms with van der Waals surface area (Å²) in [5.41, 5.74) is 2.65. The fourth-order valence-electron chi connectivity index (χ4n) is 4.62. The summed E-state index contributed by atoms with van der Waals surface area (Å²) in [6.07, 6.45) is 1.47. The highest BCUT2D eigenvalue weighted by molar-refractivity contribution is 8.00. The first-order chi connectivity index (χ1) is 23.3. The number of halogens is 1. The maximum atomic E-state index is 13.6. The molecule has 48 heavy (non-hydrogen) atoms. The number of hydrogen-bond donors (Lipinski definition) is 3. The lowest BCUT2D eigenvalue weighted by Crippen LogP contribution is -2.30. The van der Waals surface area contributed by atoms with E-state index in [0.717, 1.165) is 10.5 Å². The van der Waals surface area contributed by atoms with Crippen LogP contribution in [0.4, 0.5) is 15.8 Å². The summed E-state index contributed by atoms with van der Waals surface area (Å²) >= 11 is 1.34. The topological polar surface area (TPSA) is 106 Å². The molecular weight excluding hydrogens is 629 g/mol. The summed E-state index contributed by atoms with van der Waals surface area (Å²) in [7, 11) is 3.08. The van der Waals surface area contributed by atoms with E-state index in [1.165, 1.54) is 49.2 Å². The van der Waals surface area contributed by atoms with Crippen molar-refractivity contribution >= 4 is 46.9 Å². The molecule has 242 valence electrons. The minimum absolute atomic E-state index is 0.0244. The number of nitrogens with one attached hydrogen (secondary N) is 3. The van der Waals surface area contributed by atoms with Gasteiger partial charge in [-0.15, -0.1) is 11.8 Å². The second-order valence-corrected chi connectivity index (χ2v) is 11.6. The molecule has 0 spiro atoms. The highest BCUT2D eigenvalue weighted by atomic mass is 32.2. The Balaban J connectivity index is 1.33. The Hall–Kier alpha value is -5.87. The molecule has 0 bridgehead atoms. The van der Waals surface area contributed by atoms with E-state index in [1.807, 2.05) is 30.3 Å². The highest BCUT2D eigenvalue weighted by Crippen LogP contribution is 2.38. The van der Waals surface area contributed by atoms with E-state index in [0.29, 0.717) is 34.0 Å². The summed E-state index contributed by atoms with van der Waals surface area (Å²) in [5.74, 6) is -0.647. The molecule has 8 nitrogen and oxygen atoms in total. The molecule has 3 N–H and O–H groups in total. The number of thioether (sulfide) groups is 1. The largest absolute Gasteiger partial charge is 0.497 e. The third-order valence-corrected chi connectivity index (χ3v) is 8.35. The monoisotopic (exact) mass is 661 g/mol. The third kappa shape index (κ3) is 8.89. The Kier molecular flexibility index (Phi) is 11.2. The van der Waals surface area contributed by atoms with Gasteiger partial charge in [0.05, 0.1) is 19.9 Å². The van der Waals surface area contributed by atoms with E-state index in [9.17, 15) is 18.8 Å². The number of methoxy groups -OCH3 is 2. The van der Waals surface area contributed by atoms with Crippen LogP contribution in [0, 0.1) is 5.82 Å². The number of benzene rings is 5. The lowest BCUT2D eigenvalue weighted by atomic mass is 10.1. The highest BCUT2D eigenvalue weighted by Gasteiger charge is 2.24. The molecular formula is C38H32FN3O5S. The van der Waals surface area contributed by atoms with Gasteiger partial charge in [0.1, 0.15) is 28.3 Å². The molecule has 5 aromatic carbocycles. The van der Waals surface area contributed by atoms with Crippen molar-refractivity contribution in [2.45, 2.75) is 10.1 Å². The van der Waals surface area contributed by atoms with Crippen LogP contribution in [-0.4, -0.2) is 31.9 Å². The Morgan fingerprint density at radius 1 is 0.750 bits per heavy atom. The van der Waals surface area contributed by atoms with E-state index < -0.39 is 22.9 Å². The smallest absolute Gasteiger partial charge is 0.272 e. The van der Waals surface area contributed by atoms with E-state index >= 15 is 0 Å². The van der Waals surface area contributed by atoms with Crippen molar-refractivity contribution < 1.29 is 28.2 Å². The van der Waals surface area contributed by atoms with Gasteiger partial charge in [0.15, 0.2) is 0 Å². The van der Waals surface area contributed by atoms with Crippen molar-refractivity contribution in [1.82, 2.24) is 5.32 Å². The standard InChI is InChI=1S/C38H32FN3O5S/c1-46-30-19-22-32(34(24-30)47-2)41-38(45)35(26-9-5-3-6-10-26)48-31-20-17-29(18-21-31)40-37(44)33(23-25-13-15-28(39)16-14-25)42-36(43)27-11-7-4-8-12-27/h3-24,35H,1-2H3,(H,40,44)(H,41,45)(H,42,43)/b33-23-. The van der Waals surface area contributed by atoms with Crippen molar-refractivity contribution in [3.8, 4) is 11.5 Å². The van der Waals surface area contributed by atoms with Gasteiger partial charge in [0, 0.05) is 22.2 Å². The predicted octanol–water partition coefficient (Wildman–Crippen LogP) is 7.72. The van der Waals surface area contributed by atoms with Gasteiger partial charge >= 0.3 is 0 Å². The van der Waals surface area contributed by atoms with Gasteiger partial charge in [-0.2, -0.15) is 0 Å². The summed E-state index contributed by atoms with van der Waals surface area (Å²) in [4.78, 5) is 40.8. The zero-order valence-corrected chi connectivity index (χ0v) is 26.9. The van der Waals surface area contributed by atoms with Crippen LogP contribution in [0.25, 0.3) is 6.08 Å². The van der Waals surface area contributed by atoms with Crippen molar-refractivity contribution in [3.63, 3.8) is 0 Å². The number of ether oxygens (including phenoxy) is 2. The lowest BCUT2D eigenvalue weighted by Gasteiger charge is -2.19. The van der Waals surface area contributed by atoms with E-state index in [2.05, 4.69) is 16.0 Å². The first kappa shape index (κ1) is 33.5. The average Bonchev–Trinajstić information content (AvgIpc) is 3.12. The van der Waals surface area contributed by atoms with Crippen molar-refractivity contribution in [2.24, 2.45) is 0 Å². The first-order valence-electron chi connectivity index (χ1n) is 14.8. The number of rotatable bonds is 12. The quantitative estimate of drug-likeness (QED) is 0.0934. The molecule has 10 heteroatoms. The van der Waals surface area contributed by atoms with Crippen molar-refractivity contribution in [2.75, 3.05) is 24.9 Å². The van der Waals surface area contributed by atoms with Gasteiger partial charge in [-0.1, -0.05) is 60.7 Å². The number of anilines is 2. The molecule has 5 aromatic rings. The van der Waals surface area contributed by atoms with Gasteiger partial charge in [-0.3, -0.25) is 14.4 Å². The molecule has 0 saturated carbocycles. The fraction of sp³-hybridized carbons (Fsp3) is 0.0789. The molecule has 0 aliphatic heterocycles. The maximum Gasteiger partial charge on any atom is 0.272 e. The van der Waals surface area contributed by atoms with Gasteiger partial charge in [0.25, 0.3) is 11.8 Å². The zero-order chi connectivity index (χ0) is 33.9. The number of carbonyl (C=O) groups is 3. The van der Waals surface area contributed by atoms with Crippen LogP contribution in [0.15, 0.2) is 138 Å². The maximum absolute atomic E-state index is 13.6. The molecule has 0 aromatic heterocycles. The second kappa shape index (κ2) is 16.1. The Morgan fingerprint density at radius 2 is 1.42 bits per heavy atom. The third-order valence-electron chi connectivity index (χ3n) is 7.08. The summed E-state index contributed by atoms with van der Waals surface area (Å²) < 4.78 is 24.2. The van der Waals surface area contributed by atoms with E-state index in [4.69, 9.17) is 9.47 Å². The van der Waals surface area contributed by atoms with Gasteiger partial charge in [-0.25, -0.2) is 4.39 Å². The van der Waals surface area contributed by atoms with Crippen LogP contribution in [0.3, 0.4) is 0 Å². The molecule has 5 rings (SSSR count). The van der Waals surface area contributed by atoms with Crippen LogP contribution in [0.1, 0.15) is 26.7 Å². The molecule has 0 aliphatic rings. The normalized spacial score (nSPS) is 11.6. The average molecular weight is 662 g/mol. The molecule has 0 saturated heterocycles. The van der Waals surface area contributed by atoms with Gasteiger partial charge in [0.2, 0.25) is 5.91 Å². The van der Waals surface area contributed by atoms with Crippen LogP contribution in [0.2, 0.25) is 0 Å². The van der Waals surface area contributed by atoms with Crippen molar-refractivity contribution in [1.29, 1.82) is 0 Å². The number of hydrogen-bond acceptors (Lipinski definition) is 6. The minimum Gasteiger partial charge on any atom is -0.497 e. The predicted molar refractivity (Wildman–Crippen MR) is 187 cm³/mol. The number of carbonyl (C=O) groups excluding carboxylic acids is 3. The van der Waals surface area contributed by atoms with E-state index in [1.54, 1.807) is 79.9 Å². The molecule has 1 unspecified atom stereocenters. The first-order valence-corrected chi connectivity index (χ1v) is 15.7. The minimum atomic E-state index is -0.614. The van der Waals surface area contributed by atoms with Crippen molar-refractivity contribution in [3.05, 3.63) is 156 Å². The van der Waals surface area contributed by atoms with Gasteiger partial charge in [-0.05, 0) is 77.9 Å². The molecule has 0 heterocycles. The van der Waals surface area contributed by atoms with Crippen LogP contribution in [0.5, 0.6) is 11.5 Å². The van der Waals surface area contributed by atoms with Crippen LogP contribution >= 0.6 is 11.8 Å². The molecule has 1 atom stereocenters. The van der Waals surface area contributed by atoms with E-state index in [-0.39, 0.29) is 11.6 Å². The van der Waals surface area contributed by atoms with Crippen LogP contribution < -0.4 is 25.4 Å². The summed E-state index contributed by atoms with van der Waals surface area (Å²) in [5, 5.41) is 7.84. The molecule has 0 fully saturated rings. The lowest BCUT2D eigenvalue weighted by molar-refractivity contribution is -0.116. The summed E-state index contributed by atoms with van der Waals surface area (Å²) in [6.45, 7) is 0. The fourth-order valence-corrected chi connectivity index (χ4v) is 5.64. The van der Waals surface area contributed by atoms with Gasteiger partial charge < -0.3 is 25.4 Å². The Morgan fingerprint density at radius 3 is 2.06 bits per heavy atom. The summed E-state index contributed by atoms with van der Waals surface area (Å²) in [6, 6.07) is 35.6. The zero-order valence-electron chi connectivity index (χ0n) is 26.1. The SMILES string of the molecule is COc1ccc(NC(=O)C(Sc2ccc(NC(=O)/C(=C/c3ccc(F)cc3)NC(=O)c3ccccc3)cc2)c2ccccc2)c(OC)c1. The second-order valence-electron chi connectivity index (χ2n) is 10.4. The Labute approximate surface area is 282 Å². The molecule has 0 radical (unpaired) electrons.